The van der Waals surface area contributed by atoms with E-state index in [1.807, 2.05) is 13.8 Å². The second kappa shape index (κ2) is 6.78. The van der Waals surface area contributed by atoms with Crippen molar-refractivity contribution in [3.05, 3.63) is 28.5 Å². The molecule has 0 heterocycles. The third-order valence-electron chi connectivity index (χ3n) is 2.55. The zero-order valence-electron chi connectivity index (χ0n) is 10.9. The maximum absolute atomic E-state index is 13.6. The first-order chi connectivity index (χ1) is 8.76. The van der Waals surface area contributed by atoms with Crippen LogP contribution < -0.4 is 10.5 Å². The van der Waals surface area contributed by atoms with E-state index in [4.69, 9.17) is 5.73 Å². The van der Waals surface area contributed by atoms with E-state index in [1.165, 1.54) is 12.1 Å². The molecule has 0 aliphatic carbocycles. The van der Waals surface area contributed by atoms with E-state index >= 15 is 0 Å². The van der Waals surface area contributed by atoms with Crippen molar-refractivity contribution in [2.75, 3.05) is 6.54 Å². The number of hydrogen-bond acceptors (Lipinski definition) is 3. The van der Waals surface area contributed by atoms with Crippen LogP contribution in [0, 0.1) is 11.7 Å². The molecule has 1 rings (SSSR count). The summed E-state index contributed by atoms with van der Waals surface area (Å²) in [5.74, 6) is -0.486. The molecule has 19 heavy (non-hydrogen) atoms. The van der Waals surface area contributed by atoms with E-state index in [9.17, 15) is 12.8 Å². The monoisotopic (exact) mass is 352 g/mol. The largest absolute Gasteiger partial charge is 0.329 e. The molecule has 108 valence electrons. The first-order valence-electron chi connectivity index (χ1n) is 5.93. The number of halogens is 2. The summed E-state index contributed by atoms with van der Waals surface area (Å²) >= 11 is 3.13. The summed E-state index contributed by atoms with van der Waals surface area (Å²) in [6.07, 6.45) is 0.603. The minimum absolute atomic E-state index is 0.174. The molecule has 0 aliphatic rings. The molecule has 0 aliphatic heterocycles. The summed E-state index contributed by atoms with van der Waals surface area (Å²) in [6.45, 7) is 4.11. The Bertz CT molecular complexity index is 535. The Morgan fingerprint density at radius 3 is 2.58 bits per heavy atom. The highest BCUT2D eigenvalue weighted by molar-refractivity contribution is 9.10. The second-order valence-electron chi connectivity index (χ2n) is 4.76. The van der Waals surface area contributed by atoms with Gasteiger partial charge in [-0.05, 0) is 30.5 Å². The van der Waals surface area contributed by atoms with Crippen molar-refractivity contribution in [1.29, 1.82) is 0 Å². The number of hydrogen-bond donors (Lipinski definition) is 2. The van der Waals surface area contributed by atoms with Gasteiger partial charge in [-0.1, -0.05) is 29.8 Å². The normalized spacial score (nSPS) is 13.8. The summed E-state index contributed by atoms with van der Waals surface area (Å²) in [4.78, 5) is -0.371. The van der Waals surface area contributed by atoms with Crippen molar-refractivity contribution in [2.45, 2.75) is 31.2 Å². The molecule has 0 saturated heterocycles. The van der Waals surface area contributed by atoms with Crippen LogP contribution in [0.3, 0.4) is 0 Å². The van der Waals surface area contributed by atoms with Gasteiger partial charge in [0.25, 0.3) is 0 Å². The third kappa shape index (κ3) is 4.83. The van der Waals surface area contributed by atoms with Crippen LogP contribution in [0.25, 0.3) is 0 Å². The van der Waals surface area contributed by atoms with E-state index in [0.717, 1.165) is 6.07 Å². The highest BCUT2D eigenvalue weighted by Gasteiger charge is 2.23. The molecule has 1 aromatic rings. The minimum Gasteiger partial charge on any atom is -0.329 e. The molecule has 1 aromatic carbocycles. The smallest absolute Gasteiger partial charge is 0.243 e. The summed E-state index contributed by atoms with van der Waals surface area (Å²) in [6, 6.07) is 3.39. The van der Waals surface area contributed by atoms with Gasteiger partial charge in [0.2, 0.25) is 10.0 Å². The fourth-order valence-electron chi connectivity index (χ4n) is 1.73. The third-order valence-corrected chi connectivity index (χ3v) is 4.57. The molecule has 1 atom stereocenters. The zero-order valence-corrected chi connectivity index (χ0v) is 13.3. The molecule has 7 heteroatoms. The summed E-state index contributed by atoms with van der Waals surface area (Å²) in [7, 11) is -3.91. The number of sulfonamides is 1. The molecule has 0 saturated carbocycles. The number of nitrogens with one attached hydrogen (secondary N) is 1. The van der Waals surface area contributed by atoms with Gasteiger partial charge in [0.15, 0.2) is 0 Å². The Morgan fingerprint density at radius 2 is 2.05 bits per heavy atom. The zero-order chi connectivity index (χ0) is 14.6. The first kappa shape index (κ1) is 16.6. The van der Waals surface area contributed by atoms with Crippen LogP contribution >= 0.6 is 15.9 Å². The Labute approximate surface area is 121 Å². The maximum atomic E-state index is 13.6. The Balaban J connectivity index is 3.00. The lowest BCUT2D eigenvalue weighted by molar-refractivity contribution is 0.463. The van der Waals surface area contributed by atoms with E-state index < -0.39 is 21.9 Å². The summed E-state index contributed by atoms with van der Waals surface area (Å²) in [5, 5.41) is 0. The predicted octanol–water partition coefficient (Wildman–Crippen LogP) is 2.24. The van der Waals surface area contributed by atoms with Gasteiger partial charge in [-0.25, -0.2) is 17.5 Å². The van der Waals surface area contributed by atoms with Crippen molar-refractivity contribution in [1.82, 2.24) is 4.72 Å². The van der Waals surface area contributed by atoms with Crippen molar-refractivity contribution in [3.63, 3.8) is 0 Å². The topological polar surface area (TPSA) is 72.2 Å². The van der Waals surface area contributed by atoms with Gasteiger partial charge in [0, 0.05) is 17.1 Å². The van der Waals surface area contributed by atoms with E-state index in [2.05, 4.69) is 20.7 Å². The fourth-order valence-corrected chi connectivity index (χ4v) is 3.61. The standard InChI is InChI=1S/C12H18BrFN2O2S/c1-8(2)5-10(7-15)16-19(17,18)12-6-9(13)3-4-11(12)14/h3-4,6,8,10,16H,5,7,15H2,1-2H3. The molecule has 0 radical (unpaired) electrons. The van der Waals surface area contributed by atoms with Crippen LogP contribution in [0.2, 0.25) is 0 Å². The average Bonchev–Trinajstić information content (AvgIpc) is 2.30. The number of benzene rings is 1. The Hall–Kier alpha value is -0.500. The minimum atomic E-state index is -3.91. The van der Waals surface area contributed by atoms with Crippen molar-refractivity contribution in [2.24, 2.45) is 11.7 Å². The molecule has 0 aromatic heterocycles. The maximum Gasteiger partial charge on any atom is 0.243 e. The molecular formula is C12H18BrFN2O2S. The summed E-state index contributed by atoms with van der Waals surface area (Å²) < 4.78 is 40.8. The SMILES string of the molecule is CC(C)CC(CN)NS(=O)(=O)c1cc(Br)ccc1F. The van der Waals surface area contributed by atoms with E-state index in [-0.39, 0.29) is 11.4 Å². The van der Waals surface area contributed by atoms with Crippen molar-refractivity contribution in [3.8, 4) is 0 Å². The molecule has 1 unspecified atom stereocenters. The van der Waals surface area contributed by atoms with E-state index in [1.54, 1.807) is 0 Å². The Morgan fingerprint density at radius 1 is 1.42 bits per heavy atom. The molecule has 0 bridgehead atoms. The predicted molar refractivity (Wildman–Crippen MR) is 76.7 cm³/mol. The molecule has 0 fully saturated rings. The molecule has 4 nitrogen and oxygen atoms in total. The molecular weight excluding hydrogens is 335 g/mol. The lowest BCUT2D eigenvalue weighted by Gasteiger charge is -2.19. The van der Waals surface area contributed by atoms with Gasteiger partial charge in [0.1, 0.15) is 10.7 Å². The number of rotatable bonds is 6. The highest BCUT2D eigenvalue weighted by Crippen LogP contribution is 2.20. The van der Waals surface area contributed by atoms with Crippen molar-refractivity contribution >= 4 is 26.0 Å². The van der Waals surface area contributed by atoms with Crippen LogP contribution in [0.15, 0.2) is 27.6 Å². The van der Waals surface area contributed by atoms with Gasteiger partial charge in [-0.3, -0.25) is 0 Å². The molecule has 0 spiro atoms. The van der Waals surface area contributed by atoms with Gasteiger partial charge in [0.05, 0.1) is 0 Å². The van der Waals surface area contributed by atoms with E-state index in [0.29, 0.717) is 16.8 Å². The van der Waals surface area contributed by atoms with Gasteiger partial charge >= 0.3 is 0 Å². The second-order valence-corrected chi connectivity index (χ2v) is 7.36. The van der Waals surface area contributed by atoms with Crippen LogP contribution in [0.1, 0.15) is 20.3 Å². The van der Waals surface area contributed by atoms with Crippen molar-refractivity contribution < 1.29 is 12.8 Å². The quantitative estimate of drug-likeness (QED) is 0.824. The lowest BCUT2D eigenvalue weighted by atomic mass is 10.1. The van der Waals surface area contributed by atoms with Gasteiger partial charge < -0.3 is 5.73 Å². The van der Waals surface area contributed by atoms with Crippen LogP contribution in [-0.2, 0) is 10.0 Å². The lowest BCUT2D eigenvalue weighted by Crippen LogP contribution is -2.41. The number of nitrogens with two attached hydrogens (primary N) is 1. The van der Waals surface area contributed by atoms with Gasteiger partial charge in [-0.2, -0.15) is 0 Å². The van der Waals surface area contributed by atoms with Crippen LogP contribution in [-0.4, -0.2) is 21.0 Å². The summed E-state index contributed by atoms with van der Waals surface area (Å²) in [5.41, 5.74) is 5.54. The molecule has 3 N–H and O–H groups in total. The first-order valence-corrected chi connectivity index (χ1v) is 8.21. The Kier molecular flexibility index (Phi) is 5.91. The highest BCUT2D eigenvalue weighted by atomic mass is 79.9. The average molecular weight is 353 g/mol. The van der Waals surface area contributed by atoms with Gasteiger partial charge in [-0.15, -0.1) is 0 Å². The van der Waals surface area contributed by atoms with Crippen LogP contribution in [0.5, 0.6) is 0 Å². The molecule has 0 amide bonds. The fraction of sp³-hybridized carbons (Fsp3) is 0.500. The van der Waals surface area contributed by atoms with Crippen LogP contribution in [0.4, 0.5) is 4.39 Å².